The predicted molar refractivity (Wildman–Crippen MR) is 50.9 cm³/mol. The van der Waals surface area contributed by atoms with Crippen molar-refractivity contribution in [2.24, 2.45) is 0 Å². The van der Waals surface area contributed by atoms with Gasteiger partial charge in [0.1, 0.15) is 0 Å². The van der Waals surface area contributed by atoms with Crippen LogP contribution in [0.2, 0.25) is 0 Å². The van der Waals surface area contributed by atoms with Crippen LogP contribution in [-0.4, -0.2) is 14.3 Å². The van der Waals surface area contributed by atoms with Crippen molar-refractivity contribution in [2.75, 3.05) is 5.32 Å². The summed E-state index contributed by atoms with van der Waals surface area (Å²) >= 11 is 2.37. The zero-order chi connectivity index (χ0) is 8.97. The van der Waals surface area contributed by atoms with Crippen LogP contribution in [0.4, 0.5) is 5.69 Å². The maximum atomic E-state index is 10.5. The van der Waals surface area contributed by atoms with Crippen molar-refractivity contribution in [1.82, 2.24) is 0 Å². The molecule has 0 spiro atoms. The molecule has 0 amide bonds. The van der Waals surface area contributed by atoms with Crippen molar-refractivity contribution in [3.05, 3.63) is 24.3 Å². The molecule has 0 aromatic heterocycles. The number of benzene rings is 1. The molecule has 64 valence electrons. The van der Waals surface area contributed by atoms with Crippen LogP contribution in [0.25, 0.3) is 0 Å². The van der Waals surface area contributed by atoms with Crippen LogP contribution in [0.3, 0.4) is 0 Å². The van der Waals surface area contributed by atoms with Gasteiger partial charge in [0, 0.05) is 10.6 Å². The first-order valence-electron chi connectivity index (χ1n) is 3.13. The third kappa shape index (κ3) is 2.37. The SMILES string of the molecule is O=S([O-])c1cccc(NC=S)c1. The van der Waals surface area contributed by atoms with Crippen LogP contribution in [0.5, 0.6) is 0 Å². The maximum Gasteiger partial charge on any atom is 0.0658 e. The summed E-state index contributed by atoms with van der Waals surface area (Å²) in [6, 6.07) is 6.40. The van der Waals surface area contributed by atoms with E-state index in [4.69, 9.17) is 0 Å². The van der Waals surface area contributed by atoms with Crippen LogP contribution >= 0.6 is 12.2 Å². The van der Waals surface area contributed by atoms with E-state index in [9.17, 15) is 8.76 Å². The largest absolute Gasteiger partial charge is 0.768 e. The number of hydrogen-bond donors (Lipinski definition) is 1. The molecule has 0 fully saturated rings. The molecule has 0 saturated carbocycles. The van der Waals surface area contributed by atoms with Gasteiger partial charge in [-0.2, -0.15) is 0 Å². The molecule has 0 bridgehead atoms. The highest BCUT2D eigenvalue weighted by molar-refractivity contribution is 7.79. The van der Waals surface area contributed by atoms with Gasteiger partial charge in [0.25, 0.3) is 0 Å². The fourth-order valence-corrected chi connectivity index (χ4v) is 1.31. The highest BCUT2D eigenvalue weighted by Crippen LogP contribution is 2.11. The molecule has 0 radical (unpaired) electrons. The van der Waals surface area contributed by atoms with Crippen molar-refractivity contribution < 1.29 is 8.76 Å². The lowest BCUT2D eigenvalue weighted by atomic mass is 10.3. The minimum absolute atomic E-state index is 0.247. The smallest absolute Gasteiger partial charge is 0.0658 e. The third-order valence-corrected chi connectivity index (χ3v) is 2.01. The molecule has 0 aliphatic rings. The van der Waals surface area contributed by atoms with E-state index in [0.29, 0.717) is 5.69 Å². The fourth-order valence-electron chi connectivity index (χ4n) is 0.758. The molecule has 1 N–H and O–H groups in total. The molecule has 5 heteroatoms. The van der Waals surface area contributed by atoms with Crippen molar-refractivity contribution in [1.29, 1.82) is 0 Å². The standard InChI is InChI=1S/C7H7NO2S2/c9-12(10)7-3-1-2-6(4-7)8-5-11/h1-5H,(H,8,11)(H,9,10)/p-1. The predicted octanol–water partition coefficient (Wildman–Crippen LogP) is 1.29. The number of thiocarbonyl (C=S) groups is 1. The summed E-state index contributed by atoms with van der Waals surface area (Å²) in [5.41, 5.74) is 2.00. The Morgan fingerprint density at radius 3 is 2.92 bits per heavy atom. The molecule has 1 unspecified atom stereocenters. The molecule has 3 nitrogen and oxygen atoms in total. The maximum absolute atomic E-state index is 10.5. The Hall–Kier alpha value is -0.780. The van der Waals surface area contributed by atoms with Gasteiger partial charge < -0.3 is 9.87 Å². The van der Waals surface area contributed by atoms with Gasteiger partial charge in [-0.3, -0.25) is 4.21 Å². The van der Waals surface area contributed by atoms with Crippen molar-refractivity contribution in [2.45, 2.75) is 4.90 Å². The molecule has 0 saturated heterocycles. The lowest BCUT2D eigenvalue weighted by Crippen LogP contribution is -1.94. The number of hydrogen-bond acceptors (Lipinski definition) is 3. The van der Waals surface area contributed by atoms with E-state index in [1.54, 1.807) is 12.1 Å². The second kappa shape index (κ2) is 4.30. The van der Waals surface area contributed by atoms with Crippen LogP contribution in [0.15, 0.2) is 29.2 Å². The molecule has 0 aliphatic carbocycles. The second-order valence-electron chi connectivity index (χ2n) is 2.02. The highest BCUT2D eigenvalue weighted by atomic mass is 32.2. The second-order valence-corrected chi connectivity index (χ2v) is 3.20. The molecular formula is C7H6NO2S2-. The van der Waals surface area contributed by atoms with Crippen LogP contribution in [-0.2, 0) is 11.1 Å². The number of nitrogens with one attached hydrogen (secondary N) is 1. The summed E-state index contributed by atoms with van der Waals surface area (Å²) in [7, 11) is 0. The lowest BCUT2D eigenvalue weighted by Gasteiger charge is -2.06. The summed E-state index contributed by atoms with van der Waals surface area (Å²) in [6.07, 6.45) is 0. The van der Waals surface area contributed by atoms with Crippen molar-refractivity contribution in [3.8, 4) is 0 Å². The Balaban J connectivity index is 2.95. The minimum atomic E-state index is -2.18. The van der Waals surface area contributed by atoms with Gasteiger partial charge in [0.15, 0.2) is 0 Å². The summed E-state index contributed by atoms with van der Waals surface area (Å²) in [5.74, 6) is 0. The Morgan fingerprint density at radius 1 is 1.58 bits per heavy atom. The molecule has 0 aliphatic heterocycles. The van der Waals surface area contributed by atoms with Crippen LogP contribution in [0, 0.1) is 0 Å². The quantitative estimate of drug-likeness (QED) is 0.590. The fraction of sp³-hybridized carbons (Fsp3) is 0. The molecule has 1 aromatic rings. The van der Waals surface area contributed by atoms with E-state index in [0.717, 1.165) is 0 Å². The van der Waals surface area contributed by atoms with Crippen molar-refractivity contribution >= 4 is 34.5 Å². The molecule has 0 heterocycles. The van der Waals surface area contributed by atoms with E-state index in [1.807, 2.05) is 0 Å². The zero-order valence-corrected chi connectivity index (χ0v) is 7.65. The Kier molecular flexibility index (Phi) is 3.33. The van der Waals surface area contributed by atoms with Gasteiger partial charge in [-0.05, 0) is 29.3 Å². The van der Waals surface area contributed by atoms with Crippen molar-refractivity contribution in [3.63, 3.8) is 0 Å². The number of anilines is 1. The van der Waals surface area contributed by atoms with E-state index in [-0.39, 0.29) is 4.90 Å². The lowest BCUT2D eigenvalue weighted by molar-refractivity contribution is 0.537. The Bertz CT molecular complexity index is 314. The average Bonchev–Trinajstić information content (AvgIpc) is 2.05. The summed E-state index contributed by atoms with van der Waals surface area (Å²) in [6.45, 7) is 0. The van der Waals surface area contributed by atoms with Crippen LogP contribution < -0.4 is 5.32 Å². The molecule has 1 atom stereocenters. The topological polar surface area (TPSA) is 52.2 Å². The molecular weight excluding hydrogens is 194 g/mol. The van der Waals surface area contributed by atoms with E-state index in [1.165, 1.54) is 17.6 Å². The monoisotopic (exact) mass is 200 g/mol. The zero-order valence-electron chi connectivity index (χ0n) is 6.02. The Labute approximate surface area is 78.1 Å². The molecule has 1 aromatic carbocycles. The van der Waals surface area contributed by atoms with Gasteiger partial charge in [-0.25, -0.2) is 0 Å². The Morgan fingerprint density at radius 2 is 2.33 bits per heavy atom. The van der Waals surface area contributed by atoms with Gasteiger partial charge in [0.2, 0.25) is 0 Å². The van der Waals surface area contributed by atoms with Crippen LogP contribution in [0.1, 0.15) is 0 Å². The van der Waals surface area contributed by atoms with E-state index < -0.39 is 11.1 Å². The summed E-state index contributed by atoms with van der Waals surface area (Å²) in [4.78, 5) is 0.247. The first-order valence-corrected chi connectivity index (χ1v) is 4.68. The summed E-state index contributed by atoms with van der Waals surface area (Å²) < 4.78 is 21.0. The normalized spacial score (nSPS) is 12.1. The molecule has 1 rings (SSSR count). The van der Waals surface area contributed by atoms with Gasteiger partial charge in [-0.15, -0.1) is 0 Å². The first kappa shape index (κ1) is 9.31. The number of rotatable bonds is 3. The third-order valence-electron chi connectivity index (χ3n) is 1.25. The van der Waals surface area contributed by atoms with Gasteiger partial charge in [-0.1, -0.05) is 18.3 Å². The highest BCUT2D eigenvalue weighted by Gasteiger charge is 1.93. The summed E-state index contributed by atoms with van der Waals surface area (Å²) in [5, 5.41) is 2.72. The van der Waals surface area contributed by atoms with E-state index in [2.05, 4.69) is 17.5 Å². The molecule has 12 heavy (non-hydrogen) atoms. The van der Waals surface area contributed by atoms with Gasteiger partial charge >= 0.3 is 0 Å². The minimum Gasteiger partial charge on any atom is -0.768 e. The van der Waals surface area contributed by atoms with Gasteiger partial charge in [0.05, 0.1) is 5.49 Å². The van der Waals surface area contributed by atoms with E-state index >= 15 is 0 Å². The first-order chi connectivity index (χ1) is 5.74. The average molecular weight is 200 g/mol.